The van der Waals surface area contributed by atoms with Crippen LogP contribution in [0.2, 0.25) is 5.02 Å². The van der Waals surface area contributed by atoms with Crippen molar-refractivity contribution in [1.82, 2.24) is 5.32 Å². The van der Waals surface area contributed by atoms with E-state index < -0.39 is 0 Å². The average molecular weight is 379 g/mol. The topological polar surface area (TPSA) is 62.6 Å². The molecule has 1 saturated heterocycles. The van der Waals surface area contributed by atoms with Crippen LogP contribution < -0.4 is 10.2 Å². The molecule has 1 aliphatic rings. The molecule has 2 amide bonds. The highest BCUT2D eigenvalue weighted by molar-refractivity contribution is 7.98. The van der Waals surface area contributed by atoms with Crippen molar-refractivity contribution in [3.8, 4) is 0 Å². The molecule has 3 rings (SSSR count). The van der Waals surface area contributed by atoms with Crippen LogP contribution >= 0.6 is 23.4 Å². The molecule has 2 aromatic rings. The summed E-state index contributed by atoms with van der Waals surface area (Å²) in [5, 5.41) is 3.43. The lowest BCUT2D eigenvalue weighted by atomic mass is 10.1. The number of nitrogens with zero attached hydrogens (tertiary/aromatic N) is 1. The second-order valence-corrected chi connectivity index (χ2v) is 7.29. The Morgan fingerprint density at radius 3 is 2.92 bits per heavy atom. The Bertz CT molecular complexity index is 736. The summed E-state index contributed by atoms with van der Waals surface area (Å²) in [7, 11) is 0. The first-order valence-electron chi connectivity index (χ1n) is 8.08. The lowest BCUT2D eigenvalue weighted by Crippen LogP contribution is -2.34. The minimum Gasteiger partial charge on any atom is -0.468 e. The van der Waals surface area contributed by atoms with E-state index in [0.717, 1.165) is 17.3 Å². The van der Waals surface area contributed by atoms with E-state index in [1.807, 2.05) is 24.3 Å². The molecule has 1 aromatic carbocycles. The van der Waals surface area contributed by atoms with E-state index in [-0.39, 0.29) is 24.2 Å². The van der Waals surface area contributed by atoms with Gasteiger partial charge >= 0.3 is 0 Å². The number of benzene rings is 1. The first kappa shape index (κ1) is 17.9. The van der Waals surface area contributed by atoms with Crippen molar-refractivity contribution >= 4 is 40.9 Å². The second-order valence-electron chi connectivity index (χ2n) is 5.78. The zero-order valence-electron chi connectivity index (χ0n) is 13.6. The molecule has 2 heterocycles. The quantitative estimate of drug-likeness (QED) is 0.750. The summed E-state index contributed by atoms with van der Waals surface area (Å²) in [6.45, 7) is 0.939. The largest absolute Gasteiger partial charge is 0.468 e. The molecule has 1 aliphatic heterocycles. The van der Waals surface area contributed by atoms with Gasteiger partial charge in [-0.1, -0.05) is 23.7 Å². The highest BCUT2D eigenvalue weighted by Gasteiger charge is 2.35. The molecule has 0 bridgehead atoms. The fourth-order valence-corrected chi connectivity index (χ4v) is 3.74. The third-order valence-electron chi connectivity index (χ3n) is 4.01. The van der Waals surface area contributed by atoms with E-state index in [1.54, 1.807) is 35.1 Å². The van der Waals surface area contributed by atoms with E-state index in [2.05, 4.69) is 5.32 Å². The average Bonchev–Trinajstić information content (AvgIpc) is 3.25. The van der Waals surface area contributed by atoms with Crippen molar-refractivity contribution in [2.75, 3.05) is 23.7 Å². The van der Waals surface area contributed by atoms with Crippen LogP contribution in [0.4, 0.5) is 5.69 Å². The summed E-state index contributed by atoms with van der Waals surface area (Å²) >= 11 is 7.84. The van der Waals surface area contributed by atoms with E-state index >= 15 is 0 Å². The van der Waals surface area contributed by atoms with Gasteiger partial charge in [0.15, 0.2) is 0 Å². The lowest BCUT2D eigenvalue weighted by Gasteiger charge is -2.18. The standard InChI is InChI=1S/C18H19ClN2O3S/c19-15-5-1-2-6-16(15)21-11-13(10-17(21)22)18(23)20-7-9-25-12-14-4-3-8-24-14/h1-6,8,13H,7,9-12H2,(H,20,23)/t13-/m1/s1. The number of anilines is 1. The van der Waals surface area contributed by atoms with Crippen molar-refractivity contribution < 1.29 is 14.0 Å². The van der Waals surface area contributed by atoms with Gasteiger partial charge in [0.05, 0.1) is 28.6 Å². The molecule has 0 spiro atoms. The molecule has 132 valence electrons. The third-order valence-corrected chi connectivity index (χ3v) is 5.31. The monoisotopic (exact) mass is 378 g/mol. The summed E-state index contributed by atoms with van der Waals surface area (Å²) in [5.74, 6) is 2.01. The fraction of sp³-hybridized carbons (Fsp3) is 0.333. The zero-order chi connectivity index (χ0) is 17.6. The molecule has 0 unspecified atom stereocenters. The number of hydrogen-bond donors (Lipinski definition) is 1. The maximum Gasteiger partial charge on any atom is 0.227 e. The summed E-state index contributed by atoms with van der Waals surface area (Å²) in [4.78, 5) is 26.1. The Hall–Kier alpha value is -1.92. The van der Waals surface area contributed by atoms with Crippen molar-refractivity contribution in [2.45, 2.75) is 12.2 Å². The molecular weight excluding hydrogens is 360 g/mol. The van der Waals surface area contributed by atoms with Gasteiger partial charge in [-0.25, -0.2) is 0 Å². The molecule has 1 N–H and O–H groups in total. The van der Waals surface area contributed by atoms with Crippen LogP contribution in [0.25, 0.3) is 0 Å². The van der Waals surface area contributed by atoms with E-state index in [4.69, 9.17) is 16.0 Å². The van der Waals surface area contributed by atoms with Gasteiger partial charge in [0.1, 0.15) is 5.76 Å². The summed E-state index contributed by atoms with van der Waals surface area (Å²) in [6, 6.07) is 11.0. The van der Waals surface area contributed by atoms with Gasteiger partial charge in [-0.2, -0.15) is 11.8 Å². The van der Waals surface area contributed by atoms with Gasteiger partial charge in [0.25, 0.3) is 0 Å². The van der Waals surface area contributed by atoms with Crippen molar-refractivity contribution in [3.05, 3.63) is 53.4 Å². The minimum absolute atomic E-state index is 0.0690. The maximum atomic E-state index is 12.3. The zero-order valence-corrected chi connectivity index (χ0v) is 15.2. The van der Waals surface area contributed by atoms with E-state index in [9.17, 15) is 9.59 Å². The Balaban J connectivity index is 1.44. The molecule has 0 aliphatic carbocycles. The second kappa shape index (κ2) is 8.45. The first-order chi connectivity index (χ1) is 12.1. The van der Waals surface area contributed by atoms with E-state index in [1.165, 1.54) is 0 Å². The number of carbonyl (C=O) groups is 2. The number of amides is 2. The molecule has 0 saturated carbocycles. The highest BCUT2D eigenvalue weighted by atomic mass is 35.5. The van der Waals surface area contributed by atoms with Crippen LogP contribution in [0.3, 0.4) is 0 Å². The fourth-order valence-electron chi connectivity index (χ4n) is 2.74. The van der Waals surface area contributed by atoms with Gasteiger partial charge in [-0.05, 0) is 24.3 Å². The number of nitrogens with one attached hydrogen (secondary N) is 1. The van der Waals surface area contributed by atoms with Gasteiger partial charge in [0.2, 0.25) is 11.8 Å². The molecular formula is C18H19ClN2O3S. The molecule has 25 heavy (non-hydrogen) atoms. The van der Waals surface area contributed by atoms with Crippen LogP contribution in [0.15, 0.2) is 47.1 Å². The summed E-state index contributed by atoms with van der Waals surface area (Å²) < 4.78 is 5.26. The number of halogens is 1. The molecule has 1 aromatic heterocycles. The SMILES string of the molecule is O=C(NCCSCc1ccco1)[C@@H]1CC(=O)N(c2ccccc2Cl)C1. The highest BCUT2D eigenvalue weighted by Crippen LogP contribution is 2.30. The molecule has 1 atom stereocenters. The van der Waals surface area contributed by atoms with Crippen molar-refractivity contribution in [2.24, 2.45) is 5.92 Å². The van der Waals surface area contributed by atoms with Crippen molar-refractivity contribution in [1.29, 1.82) is 0 Å². The van der Waals surface area contributed by atoms with Crippen LogP contribution in [0.1, 0.15) is 12.2 Å². The van der Waals surface area contributed by atoms with Gasteiger partial charge in [-0.3, -0.25) is 9.59 Å². The number of hydrogen-bond acceptors (Lipinski definition) is 4. The number of para-hydroxylation sites is 1. The van der Waals surface area contributed by atoms with Gasteiger partial charge in [-0.15, -0.1) is 0 Å². The van der Waals surface area contributed by atoms with Crippen LogP contribution in [-0.2, 0) is 15.3 Å². The van der Waals surface area contributed by atoms with Gasteiger partial charge in [0, 0.05) is 25.3 Å². The molecule has 5 nitrogen and oxygen atoms in total. The number of thioether (sulfide) groups is 1. The predicted molar refractivity (Wildman–Crippen MR) is 99.8 cm³/mol. The Kier molecular flexibility index (Phi) is 6.04. The van der Waals surface area contributed by atoms with Crippen LogP contribution in [0, 0.1) is 5.92 Å². The normalized spacial score (nSPS) is 17.1. The Morgan fingerprint density at radius 2 is 2.16 bits per heavy atom. The summed E-state index contributed by atoms with van der Waals surface area (Å²) in [5.41, 5.74) is 0.665. The van der Waals surface area contributed by atoms with Crippen LogP contribution in [-0.4, -0.2) is 30.7 Å². The van der Waals surface area contributed by atoms with Crippen molar-refractivity contribution in [3.63, 3.8) is 0 Å². The molecule has 0 radical (unpaired) electrons. The molecule has 1 fully saturated rings. The first-order valence-corrected chi connectivity index (χ1v) is 9.61. The smallest absolute Gasteiger partial charge is 0.227 e. The minimum atomic E-state index is -0.334. The van der Waals surface area contributed by atoms with Crippen LogP contribution in [0.5, 0.6) is 0 Å². The molecule has 7 heteroatoms. The summed E-state index contributed by atoms with van der Waals surface area (Å²) in [6.07, 6.45) is 1.87. The maximum absolute atomic E-state index is 12.3. The number of furan rings is 1. The number of carbonyl (C=O) groups excluding carboxylic acids is 2. The lowest BCUT2D eigenvalue weighted by molar-refractivity contribution is -0.126. The van der Waals surface area contributed by atoms with E-state index in [0.29, 0.717) is 23.8 Å². The number of rotatable bonds is 7. The Labute approximate surface area is 155 Å². The van der Waals surface area contributed by atoms with Gasteiger partial charge < -0.3 is 14.6 Å². The predicted octanol–water partition coefficient (Wildman–Crippen LogP) is 3.34. The Morgan fingerprint density at radius 1 is 1.32 bits per heavy atom. The third kappa shape index (κ3) is 4.58.